The van der Waals surface area contributed by atoms with E-state index in [2.05, 4.69) is 15.0 Å². The number of benzene rings is 2. The van der Waals surface area contributed by atoms with E-state index in [-0.39, 0.29) is 28.6 Å². The lowest BCUT2D eigenvalue weighted by Crippen LogP contribution is -2.14. The molecule has 32 heavy (non-hydrogen) atoms. The maximum atomic E-state index is 14.1. The zero-order chi connectivity index (χ0) is 22.8. The quantitative estimate of drug-likeness (QED) is 0.397. The van der Waals surface area contributed by atoms with Gasteiger partial charge in [0.25, 0.3) is 5.91 Å². The summed E-state index contributed by atoms with van der Waals surface area (Å²) >= 11 is 0. The van der Waals surface area contributed by atoms with Gasteiger partial charge in [0.05, 0.1) is 22.5 Å². The number of hydrogen-bond acceptors (Lipinski definition) is 6. The standard InChI is InChI=1S/C22H15F2N5O3/c23-13-3-1-4-14(24)15(13)20(30)19-17(25)16(21(26)31)18(29-19)11-5-7-12(8-6-11)32-22-27-9-2-10-28-22/h1-10,29H,25H2,(H2,26,31). The third kappa shape index (κ3) is 3.76. The molecule has 0 spiro atoms. The summed E-state index contributed by atoms with van der Waals surface area (Å²) in [7, 11) is 0. The molecular formula is C22H15F2N5O3. The predicted molar refractivity (Wildman–Crippen MR) is 111 cm³/mol. The van der Waals surface area contributed by atoms with Crippen molar-refractivity contribution in [2.45, 2.75) is 0 Å². The second-order valence-electron chi connectivity index (χ2n) is 6.61. The number of ketones is 1. The predicted octanol–water partition coefficient (Wildman–Crippen LogP) is 3.45. The minimum atomic E-state index is -1.06. The first-order valence-corrected chi connectivity index (χ1v) is 9.22. The van der Waals surface area contributed by atoms with Crippen LogP contribution in [0, 0.1) is 11.6 Å². The molecular weight excluding hydrogens is 420 g/mol. The third-order valence-electron chi connectivity index (χ3n) is 4.60. The molecule has 2 aromatic carbocycles. The van der Waals surface area contributed by atoms with Crippen LogP contribution in [-0.2, 0) is 0 Å². The molecule has 0 atom stereocenters. The van der Waals surface area contributed by atoms with Crippen molar-refractivity contribution in [3.05, 3.63) is 89.4 Å². The third-order valence-corrected chi connectivity index (χ3v) is 4.60. The van der Waals surface area contributed by atoms with Crippen LogP contribution in [0.4, 0.5) is 14.5 Å². The molecule has 2 heterocycles. The molecule has 160 valence electrons. The Morgan fingerprint density at radius 2 is 1.53 bits per heavy atom. The number of primary amides is 1. The Morgan fingerprint density at radius 1 is 0.906 bits per heavy atom. The second-order valence-corrected chi connectivity index (χ2v) is 6.61. The number of hydrogen-bond donors (Lipinski definition) is 3. The number of rotatable bonds is 6. The van der Waals surface area contributed by atoms with Gasteiger partial charge in [-0.25, -0.2) is 18.7 Å². The molecule has 2 aromatic heterocycles. The Hall–Kier alpha value is -4.60. The number of H-pyrrole nitrogens is 1. The van der Waals surface area contributed by atoms with Crippen LogP contribution in [0.15, 0.2) is 60.9 Å². The van der Waals surface area contributed by atoms with E-state index in [4.69, 9.17) is 16.2 Å². The zero-order valence-corrected chi connectivity index (χ0v) is 16.3. The van der Waals surface area contributed by atoms with Crippen LogP contribution >= 0.6 is 0 Å². The lowest BCUT2D eigenvalue weighted by Gasteiger charge is -2.05. The van der Waals surface area contributed by atoms with Gasteiger partial charge in [0, 0.05) is 12.4 Å². The Morgan fingerprint density at radius 3 is 2.12 bits per heavy atom. The van der Waals surface area contributed by atoms with E-state index in [1.807, 2.05) is 0 Å². The molecule has 4 aromatic rings. The van der Waals surface area contributed by atoms with Gasteiger partial charge in [0.1, 0.15) is 23.1 Å². The number of halogens is 2. The van der Waals surface area contributed by atoms with Crippen LogP contribution < -0.4 is 16.2 Å². The number of carbonyl (C=O) groups is 2. The number of ether oxygens (including phenoxy) is 1. The van der Waals surface area contributed by atoms with Crippen LogP contribution in [0.1, 0.15) is 26.4 Å². The number of carbonyl (C=O) groups excluding carboxylic acids is 2. The van der Waals surface area contributed by atoms with E-state index in [1.54, 1.807) is 30.3 Å². The molecule has 0 aliphatic rings. The van der Waals surface area contributed by atoms with Gasteiger partial charge in [-0.15, -0.1) is 0 Å². The fourth-order valence-electron chi connectivity index (χ4n) is 3.14. The van der Waals surface area contributed by atoms with E-state index in [0.717, 1.165) is 18.2 Å². The minimum absolute atomic E-state index is 0.123. The van der Waals surface area contributed by atoms with Crippen molar-refractivity contribution in [3.63, 3.8) is 0 Å². The topological polar surface area (TPSA) is 137 Å². The zero-order valence-electron chi connectivity index (χ0n) is 16.3. The number of amides is 1. The molecule has 0 unspecified atom stereocenters. The SMILES string of the molecule is NC(=O)c1c(-c2ccc(Oc3ncccn3)cc2)[nH]c(C(=O)c2c(F)cccc2F)c1N. The summed E-state index contributed by atoms with van der Waals surface area (Å²) in [5.41, 5.74) is 10.4. The summed E-state index contributed by atoms with van der Waals surface area (Å²) in [5, 5.41) is 0. The Bertz CT molecular complexity index is 1300. The lowest BCUT2D eigenvalue weighted by atomic mass is 10.0. The summed E-state index contributed by atoms with van der Waals surface area (Å²) in [6.07, 6.45) is 3.04. The number of nitrogen functional groups attached to an aromatic ring is 1. The Labute approximate surface area is 179 Å². The number of aromatic amines is 1. The van der Waals surface area contributed by atoms with E-state index >= 15 is 0 Å². The van der Waals surface area contributed by atoms with Crippen LogP contribution in [0.3, 0.4) is 0 Å². The first-order chi connectivity index (χ1) is 15.4. The van der Waals surface area contributed by atoms with Gasteiger partial charge < -0.3 is 21.2 Å². The average molecular weight is 435 g/mol. The molecule has 8 nitrogen and oxygen atoms in total. The van der Waals surface area contributed by atoms with Crippen LogP contribution in [0.5, 0.6) is 11.8 Å². The molecule has 1 amide bonds. The minimum Gasteiger partial charge on any atom is -0.424 e. The molecule has 4 rings (SSSR count). The Balaban J connectivity index is 1.73. The summed E-state index contributed by atoms with van der Waals surface area (Å²) in [4.78, 5) is 35.5. The summed E-state index contributed by atoms with van der Waals surface area (Å²) in [6.45, 7) is 0. The van der Waals surface area contributed by atoms with Gasteiger partial charge in [0.15, 0.2) is 0 Å². The number of nitrogens with two attached hydrogens (primary N) is 2. The molecule has 0 aliphatic carbocycles. The number of anilines is 1. The maximum absolute atomic E-state index is 14.1. The second kappa shape index (κ2) is 8.26. The number of aromatic nitrogens is 3. The van der Waals surface area contributed by atoms with Crippen LogP contribution in [0.25, 0.3) is 11.3 Å². The van der Waals surface area contributed by atoms with Crippen molar-refractivity contribution < 1.29 is 23.1 Å². The van der Waals surface area contributed by atoms with Crippen molar-refractivity contribution >= 4 is 17.4 Å². The fraction of sp³-hybridized carbons (Fsp3) is 0. The summed E-state index contributed by atoms with van der Waals surface area (Å²) < 4.78 is 33.7. The largest absolute Gasteiger partial charge is 0.424 e. The Kier molecular flexibility index (Phi) is 5.34. The van der Waals surface area contributed by atoms with Gasteiger partial charge in [-0.05, 0) is 48.0 Å². The first kappa shape index (κ1) is 20.7. The van der Waals surface area contributed by atoms with Gasteiger partial charge in [-0.2, -0.15) is 0 Å². The highest BCUT2D eigenvalue weighted by molar-refractivity contribution is 6.16. The van der Waals surface area contributed by atoms with E-state index in [9.17, 15) is 18.4 Å². The molecule has 5 N–H and O–H groups in total. The van der Waals surface area contributed by atoms with Gasteiger partial charge in [-0.3, -0.25) is 9.59 Å². The smallest absolute Gasteiger partial charge is 0.321 e. The van der Waals surface area contributed by atoms with Crippen molar-refractivity contribution in [3.8, 4) is 23.0 Å². The van der Waals surface area contributed by atoms with E-state index in [0.29, 0.717) is 11.3 Å². The summed E-state index contributed by atoms with van der Waals surface area (Å²) in [6, 6.07) is 11.1. The van der Waals surface area contributed by atoms with Crippen LogP contribution in [0.2, 0.25) is 0 Å². The maximum Gasteiger partial charge on any atom is 0.321 e. The summed E-state index contributed by atoms with van der Waals surface area (Å²) in [5.74, 6) is -3.68. The monoisotopic (exact) mass is 435 g/mol. The van der Waals surface area contributed by atoms with Crippen molar-refractivity contribution in [2.24, 2.45) is 5.73 Å². The highest BCUT2D eigenvalue weighted by Crippen LogP contribution is 2.33. The van der Waals surface area contributed by atoms with Gasteiger partial charge in [-0.1, -0.05) is 6.07 Å². The molecule has 0 aliphatic heterocycles. The number of nitrogens with one attached hydrogen (secondary N) is 1. The number of nitrogens with zero attached hydrogens (tertiary/aromatic N) is 2. The molecule has 0 fully saturated rings. The van der Waals surface area contributed by atoms with Crippen molar-refractivity contribution in [2.75, 3.05) is 5.73 Å². The molecule has 10 heteroatoms. The van der Waals surface area contributed by atoms with E-state index < -0.39 is 28.9 Å². The van der Waals surface area contributed by atoms with Crippen LogP contribution in [-0.4, -0.2) is 26.6 Å². The molecule has 0 bridgehead atoms. The average Bonchev–Trinajstić information content (AvgIpc) is 3.12. The molecule has 0 saturated heterocycles. The lowest BCUT2D eigenvalue weighted by molar-refractivity contribution is 0.100. The van der Waals surface area contributed by atoms with Gasteiger partial charge in [0.2, 0.25) is 5.78 Å². The first-order valence-electron chi connectivity index (χ1n) is 9.22. The highest BCUT2D eigenvalue weighted by atomic mass is 19.1. The normalized spacial score (nSPS) is 10.7. The highest BCUT2D eigenvalue weighted by Gasteiger charge is 2.28. The van der Waals surface area contributed by atoms with Crippen molar-refractivity contribution in [1.29, 1.82) is 0 Å². The molecule has 0 radical (unpaired) electrons. The van der Waals surface area contributed by atoms with E-state index in [1.165, 1.54) is 12.4 Å². The van der Waals surface area contributed by atoms with Gasteiger partial charge >= 0.3 is 6.01 Å². The molecule has 0 saturated carbocycles. The van der Waals surface area contributed by atoms with Crippen molar-refractivity contribution in [1.82, 2.24) is 15.0 Å². The fourth-order valence-corrected chi connectivity index (χ4v) is 3.14.